The van der Waals surface area contributed by atoms with E-state index in [0.717, 1.165) is 16.3 Å². The highest BCUT2D eigenvalue weighted by atomic mass is 32.2. The molecule has 0 atom stereocenters. The normalized spacial score (nSPS) is 10.5. The predicted octanol–water partition coefficient (Wildman–Crippen LogP) is 3.58. The van der Waals surface area contributed by atoms with E-state index in [9.17, 15) is 4.39 Å². The molecule has 0 bridgehead atoms. The molecule has 2 rings (SSSR count). The molecular formula is C14H15FN2OS. The molecule has 19 heavy (non-hydrogen) atoms. The van der Waals surface area contributed by atoms with Gasteiger partial charge in [0.1, 0.15) is 16.6 Å². The number of hydrogen-bond acceptors (Lipinski definition) is 4. The van der Waals surface area contributed by atoms with Gasteiger partial charge in [0, 0.05) is 11.8 Å². The van der Waals surface area contributed by atoms with Crippen molar-refractivity contribution in [3.8, 4) is 5.75 Å². The third kappa shape index (κ3) is 3.17. The molecule has 0 unspecified atom stereocenters. The van der Waals surface area contributed by atoms with Crippen molar-refractivity contribution in [3.05, 3.63) is 41.3 Å². The van der Waals surface area contributed by atoms with Crippen LogP contribution in [0.25, 0.3) is 0 Å². The first kappa shape index (κ1) is 13.7. The first-order valence-electron chi connectivity index (χ1n) is 5.75. The number of anilines is 1. The second kappa shape index (κ2) is 5.48. The van der Waals surface area contributed by atoms with Crippen LogP contribution in [0, 0.1) is 19.7 Å². The van der Waals surface area contributed by atoms with Crippen LogP contribution in [0.2, 0.25) is 0 Å². The molecule has 3 nitrogen and oxygen atoms in total. The SMILES string of the molecule is COc1cc(Sc2cc(C)cc(C)n2)c(F)cc1N. The number of methoxy groups -OCH3 is 1. The number of nitrogens with zero attached hydrogens (tertiary/aromatic N) is 1. The number of nitrogen functional groups attached to an aromatic ring is 1. The summed E-state index contributed by atoms with van der Waals surface area (Å²) in [6.45, 7) is 3.90. The zero-order valence-corrected chi connectivity index (χ0v) is 11.8. The van der Waals surface area contributed by atoms with Crippen LogP contribution in [0.5, 0.6) is 5.75 Å². The van der Waals surface area contributed by atoms with E-state index in [1.165, 1.54) is 24.9 Å². The van der Waals surface area contributed by atoms with Crippen LogP contribution in [-0.4, -0.2) is 12.1 Å². The Kier molecular flexibility index (Phi) is 3.95. The Morgan fingerprint density at radius 2 is 1.95 bits per heavy atom. The van der Waals surface area contributed by atoms with E-state index in [2.05, 4.69) is 4.98 Å². The summed E-state index contributed by atoms with van der Waals surface area (Å²) in [5.41, 5.74) is 7.94. The Hall–Kier alpha value is -1.75. The zero-order chi connectivity index (χ0) is 14.0. The van der Waals surface area contributed by atoms with Gasteiger partial charge in [-0.3, -0.25) is 0 Å². The predicted molar refractivity (Wildman–Crippen MR) is 75.2 cm³/mol. The van der Waals surface area contributed by atoms with Crippen LogP contribution in [0.15, 0.2) is 34.2 Å². The minimum absolute atomic E-state index is 0.290. The van der Waals surface area contributed by atoms with Gasteiger partial charge in [0.15, 0.2) is 0 Å². The zero-order valence-electron chi connectivity index (χ0n) is 11.0. The second-order valence-corrected chi connectivity index (χ2v) is 5.31. The number of halogens is 1. The van der Waals surface area contributed by atoms with Crippen molar-refractivity contribution >= 4 is 17.4 Å². The van der Waals surface area contributed by atoms with Gasteiger partial charge in [-0.1, -0.05) is 11.8 Å². The van der Waals surface area contributed by atoms with E-state index in [1.54, 1.807) is 6.07 Å². The van der Waals surface area contributed by atoms with E-state index in [0.29, 0.717) is 10.6 Å². The highest BCUT2D eigenvalue weighted by molar-refractivity contribution is 7.99. The average molecular weight is 278 g/mol. The highest BCUT2D eigenvalue weighted by Gasteiger charge is 2.11. The molecule has 1 aromatic heterocycles. The molecule has 5 heteroatoms. The lowest BCUT2D eigenvalue weighted by atomic mass is 10.3. The Morgan fingerprint density at radius 1 is 1.21 bits per heavy atom. The summed E-state index contributed by atoms with van der Waals surface area (Å²) in [5.74, 6) is 0.0949. The smallest absolute Gasteiger partial charge is 0.143 e. The number of nitrogens with two attached hydrogens (primary N) is 1. The maximum absolute atomic E-state index is 13.9. The minimum Gasteiger partial charge on any atom is -0.495 e. The van der Waals surface area contributed by atoms with E-state index < -0.39 is 0 Å². The highest BCUT2D eigenvalue weighted by Crippen LogP contribution is 2.34. The van der Waals surface area contributed by atoms with Crippen molar-refractivity contribution in [2.45, 2.75) is 23.8 Å². The quantitative estimate of drug-likeness (QED) is 0.872. The van der Waals surface area contributed by atoms with E-state index in [1.807, 2.05) is 26.0 Å². The molecule has 1 aromatic carbocycles. The average Bonchev–Trinajstić information content (AvgIpc) is 2.31. The van der Waals surface area contributed by atoms with Crippen molar-refractivity contribution in [1.82, 2.24) is 4.98 Å². The minimum atomic E-state index is -0.371. The van der Waals surface area contributed by atoms with Gasteiger partial charge in [0.25, 0.3) is 0 Å². The standard InChI is InChI=1S/C14H15FN2OS/c1-8-4-9(2)17-14(5-8)19-13-7-12(18-3)11(16)6-10(13)15/h4-7H,16H2,1-3H3. The van der Waals surface area contributed by atoms with E-state index >= 15 is 0 Å². The summed E-state index contributed by atoms with van der Waals surface area (Å²) in [4.78, 5) is 4.82. The molecule has 0 aliphatic carbocycles. The van der Waals surface area contributed by atoms with Crippen molar-refractivity contribution in [2.75, 3.05) is 12.8 Å². The molecule has 0 saturated heterocycles. The Labute approximate surface area is 116 Å². The fourth-order valence-electron chi connectivity index (χ4n) is 1.77. The van der Waals surface area contributed by atoms with Gasteiger partial charge in [-0.25, -0.2) is 9.37 Å². The fraction of sp³-hybridized carbons (Fsp3) is 0.214. The largest absolute Gasteiger partial charge is 0.495 e. The maximum atomic E-state index is 13.9. The molecule has 0 aliphatic rings. The number of aryl methyl sites for hydroxylation is 2. The van der Waals surface area contributed by atoms with Gasteiger partial charge in [0.05, 0.1) is 17.7 Å². The van der Waals surface area contributed by atoms with Crippen molar-refractivity contribution < 1.29 is 9.13 Å². The monoisotopic (exact) mass is 278 g/mol. The Bertz CT molecular complexity index is 596. The van der Waals surface area contributed by atoms with Crippen molar-refractivity contribution in [2.24, 2.45) is 0 Å². The second-order valence-electron chi connectivity index (χ2n) is 4.25. The number of ether oxygens (including phenoxy) is 1. The lowest BCUT2D eigenvalue weighted by Crippen LogP contribution is -1.95. The summed E-state index contributed by atoms with van der Waals surface area (Å²) in [6.07, 6.45) is 0. The number of aromatic nitrogens is 1. The first-order chi connectivity index (χ1) is 8.99. The molecule has 0 spiro atoms. The van der Waals surface area contributed by atoms with Crippen LogP contribution in [0.1, 0.15) is 11.3 Å². The van der Waals surface area contributed by atoms with Crippen LogP contribution in [-0.2, 0) is 0 Å². The van der Waals surface area contributed by atoms with Gasteiger partial charge in [-0.15, -0.1) is 0 Å². The summed E-state index contributed by atoms with van der Waals surface area (Å²) in [6, 6.07) is 6.75. The maximum Gasteiger partial charge on any atom is 0.143 e. The van der Waals surface area contributed by atoms with Crippen LogP contribution < -0.4 is 10.5 Å². The fourth-order valence-corrected chi connectivity index (χ4v) is 2.76. The number of hydrogen-bond donors (Lipinski definition) is 1. The molecule has 100 valence electrons. The van der Waals surface area contributed by atoms with Crippen LogP contribution in [0.3, 0.4) is 0 Å². The van der Waals surface area contributed by atoms with E-state index in [-0.39, 0.29) is 11.5 Å². The van der Waals surface area contributed by atoms with Gasteiger partial charge in [-0.2, -0.15) is 0 Å². The third-order valence-corrected chi connectivity index (χ3v) is 3.52. The van der Waals surface area contributed by atoms with Crippen molar-refractivity contribution in [3.63, 3.8) is 0 Å². The van der Waals surface area contributed by atoms with Gasteiger partial charge >= 0.3 is 0 Å². The molecule has 0 amide bonds. The number of rotatable bonds is 3. The lowest BCUT2D eigenvalue weighted by Gasteiger charge is -2.09. The molecule has 0 fully saturated rings. The van der Waals surface area contributed by atoms with Gasteiger partial charge in [0.2, 0.25) is 0 Å². The van der Waals surface area contributed by atoms with Crippen LogP contribution >= 0.6 is 11.8 Å². The molecular weight excluding hydrogens is 263 g/mol. The summed E-state index contributed by atoms with van der Waals surface area (Å²) in [5, 5.41) is 0.753. The Morgan fingerprint density at radius 3 is 2.58 bits per heavy atom. The lowest BCUT2D eigenvalue weighted by molar-refractivity contribution is 0.414. The number of pyridine rings is 1. The summed E-state index contributed by atoms with van der Waals surface area (Å²) < 4.78 is 19.0. The van der Waals surface area contributed by atoms with Crippen molar-refractivity contribution in [1.29, 1.82) is 0 Å². The third-order valence-electron chi connectivity index (χ3n) is 2.57. The molecule has 1 heterocycles. The molecule has 2 aromatic rings. The molecule has 0 radical (unpaired) electrons. The first-order valence-corrected chi connectivity index (χ1v) is 6.57. The summed E-state index contributed by atoms with van der Waals surface area (Å²) in [7, 11) is 1.51. The topological polar surface area (TPSA) is 48.1 Å². The molecule has 2 N–H and O–H groups in total. The molecule has 0 saturated carbocycles. The van der Waals surface area contributed by atoms with E-state index in [4.69, 9.17) is 10.5 Å². The molecule has 0 aliphatic heterocycles. The van der Waals surface area contributed by atoms with Gasteiger partial charge in [-0.05, 0) is 37.6 Å². The summed E-state index contributed by atoms with van der Waals surface area (Å²) >= 11 is 1.26. The van der Waals surface area contributed by atoms with Crippen LogP contribution in [0.4, 0.5) is 10.1 Å². The van der Waals surface area contributed by atoms with Gasteiger partial charge < -0.3 is 10.5 Å². The number of benzene rings is 1. The Balaban J connectivity index is 2.37.